The van der Waals surface area contributed by atoms with Crippen molar-refractivity contribution >= 4 is 40.7 Å². The highest BCUT2D eigenvalue weighted by Gasteiger charge is 2.43. The molecule has 3 rings (SSSR count). The highest BCUT2D eigenvalue weighted by atomic mass is 32.2. The Hall–Kier alpha value is -2.60. The molecular weight excluding hydrogens is 397 g/mol. The summed E-state index contributed by atoms with van der Waals surface area (Å²) in [7, 11) is 0. The third kappa shape index (κ3) is 3.24. The van der Waals surface area contributed by atoms with Gasteiger partial charge >= 0.3 is 6.18 Å². The summed E-state index contributed by atoms with van der Waals surface area (Å²) in [6, 6.07) is 5.68. The van der Waals surface area contributed by atoms with Gasteiger partial charge < -0.3 is 0 Å². The van der Waals surface area contributed by atoms with Gasteiger partial charge in [-0.1, -0.05) is 23.5 Å². The molecule has 0 saturated heterocycles. The number of hydrogen-bond acceptors (Lipinski definition) is 7. The maximum atomic E-state index is 12.7. The Labute approximate surface area is 150 Å². The van der Waals surface area contributed by atoms with Crippen LogP contribution in [0.5, 0.6) is 0 Å². The van der Waals surface area contributed by atoms with Gasteiger partial charge in [-0.2, -0.15) is 13.2 Å². The number of carbonyl (C=O) groups excluding carboxylic acids is 1. The van der Waals surface area contributed by atoms with Crippen molar-refractivity contribution in [3.8, 4) is 0 Å². The molecule has 0 atom stereocenters. The van der Waals surface area contributed by atoms with Crippen molar-refractivity contribution in [3.63, 3.8) is 0 Å². The molecule has 1 aliphatic rings. The van der Waals surface area contributed by atoms with Crippen molar-refractivity contribution in [3.05, 3.63) is 56.1 Å². The smallest absolute Gasteiger partial charge is 0.284 e. The topological polar surface area (TPSA) is 103 Å². The van der Waals surface area contributed by atoms with Gasteiger partial charge in [0.05, 0.1) is 9.85 Å². The van der Waals surface area contributed by atoms with Gasteiger partial charge in [-0.05, 0) is 12.1 Å². The van der Waals surface area contributed by atoms with E-state index in [1.807, 2.05) is 0 Å². The largest absolute Gasteiger partial charge is 0.455 e. The lowest BCUT2D eigenvalue weighted by molar-refractivity contribution is -0.385. The van der Waals surface area contributed by atoms with Crippen molar-refractivity contribution in [2.75, 3.05) is 0 Å². The summed E-state index contributed by atoms with van der Waals surface area (Å²) >= 11 is 1.93. The fourth-order valence-corrected chi connectivity index (χ4v) is 4.49. The van der Waals surface area contributed by atoms with E-state index in [2.05, 4.69) is 0 Å². The van der Waals surface area contributed by atoms with Crippen LogP contribution in [0.15, 0.2) is 49.9 Å². The Balaban J connectivity index is 2.11. The second-order valence-electron chi connectivity index (χ2n) is 4.99. The lowest BCUT2D eigenvalue weighted by atomic mass is 10.1. The standard InChI is InChI=1S/C14H5F3N2O5S2/c15-14(16,17)13(20)7-4-11-12(5-8(7)19(23)24)25-9-2-1-6(18(21)22)3-10(9)26-11/h1-5H. The number of nitrogens with zero attached hydrogens (tertiary/aromatic N) is 2. The van der Waals surface area contributed by atoms with Crippen LogP contribution in [0.25, 0.3) is 0 Å². The van der Waals surface area contributed by atoms with E-state index in [1.54, 1.807) is 0 Å². The molecule has 0 fully saturated rings. The molecule has 0 aliphatic carbocycles. The van der Waals surface area contributed by atoms with Gasteiger partial charge in [-0.25, -0.2) is 0 Å². The van der Waals surface area contributed by atoms with Crippen LogP contribution in [0.4, 0.5) is 24.5 Å². The summed E-state index contributed by atoms with van der Waals surface area (Å²) in [5, 5.41) is 21.9. The summed E-state index contributed by atoms with van der Waals surface area (Å²) in [5.74, 6) is -2.32. The minimum Gasteiger partial charge on any atom is -0.284 e. The highest BCUT2D eigenvalue weighted by molar-refractivity contribution is 8.05. The molecule has 0 spiro atoms. The van der Waals surface area contributed by atoms with Crippen LogP contribution in [0, 0.1) is 20.2 Å². The van der Waals surface area contributed by atoms with Crippen molar-refractivity contribution in [1.82, 2.24) is 0 Å². The molecule has 7 nitrogen and oxygen atoms in total. The summed E-state index contributed by atoms with van der Waals surface area (Å²) in [5.41, 5.74) is -2.21. The van der Waals surface area contributed by atoms with Gasteiger partial charge in [-0.3, -0.25) is 25.0 Å². The summed E-state index contributed by atoms with van der Waals surface area (Å²) in [4.78, 5) is 33.3. The molecule has 26 heavy (non-hydrogen) atoms. The van der Waals surface area contributed by atoms with Crippen molar-refractivity contribution in [1.29, 1.82) is 0 Å². The van der Waals surface area contributed by atoms with Gasteiger partial charge in [0.2, 0.25) is 0 Å². The van der Waals surface area contributed by atoms with Crippen LogP contribution >= 0.6 is 23.5 Å². The maximum Gasteiger partial charge on any atom is 0.455 e. The van der Waals surface area contributed by atoms with Crippen LogP contribution in [0.2, 0.25) is 0 Å². The van der Waals surface area contributed by atoms with Gasteiger partial charge in [0.25, 0.3) is 17.2 Å². The third-order valence-corrected chi connectivity index (χ3v) is 5.85. The zero-order valence-corrected chi connectivity index (χ0v) is 13.9. The second kappa shape index (κ2) is 6.29. The molecule has 0 radical (unpaired) electrons. The molecule has 1 heterocycles. The number of carbonyl (C=O) groups is 1. The molecule has 2 aromatic rings. The van der Waals surface area contributed by atoms with E-state index in [9.17, 15) is 38.2 Å². The Kier molecular flexibility index (Phi) is 4.40. The van der Waals surface area contributed by atoms with E-state index in [-0.39, 0.29) is 10.6 Å². The van der Waals surface area contributed by atoms with Crippen LogP contribution in [-0.4, -0.2) is 21.8 Å². The quantitative estimate of drug-likeness (QED) is 0.350. The summed E-state index contributed by atoms with van der Waals surface area (Å²) < 4.78 is 38.2. The molecule has 0 bridgehead atoms. The zero-order valence-electron chi connectivity index (χ0n) is 12.3. The molecule has 0 saturated carbocycles. The number of nitro groups is 2. The Bertz CT molecular complexity index is 978. The van der Waals surface area contributed by atoms with Crippen molar-refractivity contribution in [2.45, 2.75) is 25.8 Å². The number of alkyl halides is 3. The van der Waals surface area contributed by atoms with Crippen LogP contribution < -0.4 is 0 Å². The molecule has 0 amide bonds. The fourth-order valence-electron chi connectivity index (χ4n) is 2.21. The maximum absolute atomic E-state index is 12.7. The minimum absolute atomic E-state index is 0.182. The molecule has 134 valence electrons. The molecule has 2 aromatic carbocycles. The first-order chi connectivity index (χ1) is 12.1. The van der Waals surface area contributed by atoms with Gasteiger partial charge in [-0.15, -0.1) is 0 Å². The normalized spacial score (nSPS) is 12.9. The van der Waals surface area contributed by atoms with Gasteiger partial charge in [0.1, 0.15) is 5.56 Å². The first kappa shape index (κ1) is 18.2. The van der Waals surface area contributed by atoms with E-state index in [1.165, 1.54) is 18.2 Å². The monoisotopic (exact) mass is 402 g/mol. The lowest BCUT2D eigenvalue weighted by Crippen LogP contribution is -2.24. The van der Waals surface area contributed by atoms with Gasteiger partial charge in [0, 0.05) is 37.8 Å². The second-order valence-corrected chi connectivity index (χ2v) is 7.16. The van der Waals surface area contributed by atoms with E-state index < -0.39 is 33.1 Å². The SMILES string of the molecule is O=C(c1cc2c(cc1[N+](=O)[O-])Sc1ccc([N+](=O)[O-])cc1S2)C(F)(F)F. The number of non-ortho nitro benzene ring substituents is 1. The molecule has 0 unspecified atom stereocenters. The zero-order chi connectivity index (χ0) is 19.2. The summed E-state index contributed by atoms with van der Waals surface area (Å²) in [6.45, 7) is 0. The van der Waals surface area contributed by atoms with E-state index in [4.69, 9.17) is 0 Å². The Morgan fingerprint density at radius 1 is 0.885 bits per heavy atom. The number of benzene rings is 2. The van der Waals surface area contributed by atoms with E-state index >= 15 is 0 Å². The Morgan fingerprint density at radius 3 is 2.04 bits per heavy atom. The number of nitro benzene ring substituents is 2. The predicted octanol–water partition coefficient (Wildman–Crippen LogP) is 4.86. The minimum atomic E-state index is -5.26. The molecule has 1 aliphatic heterocycles. The number of Topliss-reactive ketones (excluding diaryl/α,β-unsaturated/α-hetero) is 1. The lowest BCUT2D eigenvalue weighted by Gasteiger charge is -2.19. The average molecular weight is 402 g/mol. The number of rotatable bonds is 3. The molecular formula is C14H5F3N2O5S2. The van der Waals surface area contributed by atoms with Crippen LogP contribution in [0.3, 0.4) is 0 Å². The predicted molar refractivity (Wildman–Crippen MR) is 84.8 cm³/mol. The van der Waals surface area contributed by atoms with Crippen LogP contribution in [-0.2, 0) is 0 Å². The molecule has 0 N–H and O–H groups in total. The third-order valence-electron chi connectivity index (χ3n) is 3.34. The number of halogens is 3. The van der Waals surface area contributed by atoms with E-state index in [0.29, 0.717) is 14.7 Å². The Morgan fingerprint density at radius 2 is 1.46 bits per heavy atom. The van der Waals surface area contributed by atoms with Crippen molar-refractivity contribution < 1.29 is 27.8 Å². The molecule has 0 aromatic heterocycles. The molecule has 12 heteroatoms. The number of fused-ring (bicyclic) bond motifs is 2. The van der Waals surface area contributed by atoms with Crippen molar-refractivity contribution in [2.24, 2.45) is 0 Å². The first-order valence-electron chi connectivity index (χ1n) is 6.66. The van der Waals surface area contributed by atoms with E-state index in [0.717, 1.165) is 35.7 Å². The number of hydrogen-bond donors (Lipinski definition) is 0. The van der Waals surface area contributed by atoms with Gasteiger partial charge in [0.15, 0.2) is 0 Å². The first-order valence-corrected chi connectivity index (χ1v) is 8.29. The fraction of sp³-hybridized carbons (Fsp3) is 0.0714. The number of ketones is 1. The summed E-state index contributed by atoms with van der Waals surface area (Å²) in [6.07, 6.45) is -5.26. The van der Waals surface area contributed by atoms with Crippen LogP contribution in [0.1, 0.15) is 10.4 Å². The average Bonchev–Trinajstić information content (AvgIpc) is 2.56. The highest BCUT2D eigenvalue weighted by Crippen LogP contribution is 2.51.